The summed E-state index contributed by atoms with van der Waals surface area (Å²) in [6.07, 6.45) is 0.406. The van der Waals surface area contributed by atoms with E-state index in [0.717, 1.165) is 0 Å². The van der Waals surface area contributed by atoms with Gasteiger partial charge in [0.1, 0.15) is 5.82 Å². The molecule has 0 fully saturated rings. The van der Waals surface area contributed by atoms with Crippen molar-refractivity contribution in [2.24, 2.45) is 5.73 Å². The summed E-state index contributed by atoms with van der Waals surface area (Å²) in [6, 6.07) is 5.57. The molecule has 0 radical (unpaired) electrons. The number of urea groups is 1. The number of thiocarbonyl (C=S) groups is 1. The van der Waals surface area contributed by atoms with Crippen LogP contribution in [0.3, 0.4) is 0 Å². The lowest BCUT2D eigenvalue weighted by molar-refractivity contribution is 0.156. The van der Waals surface area contributed by atoms with Crippen LogP contribution in [0, 0.1) is 5.82 Å². The van der Waals surface area contributed by atoms with Crippen molar-refractivity contribution in [2.75, 3.05) is 32.1 Å². The summed E-state index contributed by atoms with van der Waals surface area (Å²) in [5.41, 5.74) is 5.56. The van der Waals surface area contributed by atoms with Gasteiger partial charge in [0.2, 0.25) is 0 Å². The second kappa shape index (κ2) is 8.44. The lowest BCUT2D eigenvalue weighted by atomic mass is 10.3. The molecule has 0 aliphatic carbocycles. The summed E-state index contributed by atoms with van der Waals surface area (Å²) >= 11 is 4.79. The average Bonchev–Trinajstić information content (AvgIpc) is 2.41. The van der Waals surface area contributed by atoms with E-state index in [1.165, 1.54) is 17.0 Å². The van der Waals surface area contributed by atoms with Gasteiger partial charge in [-0.2, -0.15) is 0 Å². The topological polar surface area (TPSA) is 67.6 Å². The molecule has 0 saturated heterocycles. The number of benzene rings is 1. The van der Waals surface area contributed by atoms with Crippen molar-refractivity contribution in [3.05, 3.63) is 30.1 Å². The maximum Gasteiger partial charge on any atom is 0.322 e. The number of hydrogen-bond donors (Lipinski definition) is 2. The van der Waals surface area contributed by atoms with Gasteiger partial charge in [-0.15, -0.1) is 0 Å². The van der Waals surface area contributed by atoms with E-state index in [0.29, 0.717) is 31.1 Å². The molecule has 1 rings (SSSR count). The predicted octanol–water partition coefficient (Wildman–Crippen LogP) is 1.98. The number of nitrogens with one attached hydrogen (secondary N) is 1. The van der Waals surface area contributed by atoms with Crippen molar-refractivity contribution >= 4 is 28.9 Å². The number of amides is 2. The number of carbonyl (C=O) groups is 1. The van der Waals surface area contributed by atoms with E-state index < -0.39 is 11.8 Å². The Balaban J connectivity index is 2.66. The molecule has 0 aliphatic heterocycles. The minimum atomic E-state index is -0.484. The Morgan fingerprint density at radius 1 is 1.45 bits per heavy atom. The fourth-order valence-electron chi connectivity index (χ4n) is 1.52. The third-order valence-electron chi connectivity index (χ3n) is 2.60. The van der Waals surface area contributed by atoms with Crippen molar-refractivity contribution in [2.45, 2.75) is 6.42 Å². The lowest BCUT2D eigenvalue weighted by Gasteiger charge is -2.22. The second-order valence-electron chi connectivity index (χ2n) is 4.11. The Morgan fingerprint density at radius 3 is 2.75 bits per heavy atom. The van der Waals surface area contributed by atoms with E-state index in [1.54, 1.807) is 19.2 Å². The third kappa shape index (κ3) is 5.50. The lowest BCUT2D eigenvalue weighted by Crippen LogP contribution is -2.39. The number of halogens is 1. The first-order chi connectivity index (χ1) is 9.54. The van der Waals surface area contributed by atoms with Crippen LogP contribution in [-0.2, 0) is 4.74 Å². The standard InChI is InChI=1S/C13H18FN3O2S/c1-19-9-8-17(7-6-12(15)20)13(18)16-11-5-3-2-4-10(11)14/h2-5H,6-9H2,1H3,(H2,15,20)(H,16,18). The number of anilines is 1. The molecule has 0 heterocycles. The van der Waals surface area contributed by atoms with Crippen molar-refractivity contribution in [3.63, 3.8) is 0 Å². The first kappa shape index (κ1) is 16.3. The fourth-order valence-corrected chi connectivity index (χ4v) is 1.61. The number of hydrogen-bond acceptors (Lipinski definition) is 3. The molecule has 7 heteroatoms. The minimum Gasteiger partial charge on any atom is -0.393 e. The second-order valence-corrected chi connectivity index (χ2v) is 4.63. The van der Waals surface area contributed by atoms with Crippen LogP contribution < -0.4 is 11.1 Å². The van der Waals surface area contributed by atoms with Crippen LogP contribution in [0.25, 0.3) is 0 Å². The van der Waals surface area contributed by atoms with Crippen LogP contribution in [-0.4, -0.2) is 42.7 Å². The molecule has 0 saturated carbocycles. The van der Waals surface area contributed by atoms with Crippen LogP contribution in [0.2, 0.25) is 0 Å². The van der Waals surface area contributed by atoms with Crippen LogP contribution in [0.1, 0.15) is 6.42 Å². The molecule has 20 heavy (non-hydrogen) atoms. The molecule has 110 valence electrons. The zero-order chi connectivity index (χ0) is 15.0. The molecule has 0 bridgehead atoms. The highest BCUT2D eigenvalue weighted by Gasteiger charge is 2.15. The van der Waals surface area contributed by atoms with Gasteiger partial charge in [0.05, 0.1) is 17.3 Å². The van der Waals surface area contributed by atoms with Gasteiger partial charge >= 0.3 is 6.03 Å². The first-order valence-corrected chi connectivity index (χ1v) is 6.53. The Hall–Kier alpha value is -1.73. The molecule has 0 unspecified atom stereocenters. The number of carbonyl (C=O) groups excluding carboxylic acids is 1. The smallest absolute Gasteiger partial charge is 0.322 e. The monoisotopic (exact) mass is 299 g/mol. The minimum absolute atomic E-state index is 0.134. The molecular formula is C13H18FN3O2S. The van der Waals surface area contributed by atoms with Crippen LogP contribution in [0.15, 0.2) is 24.3 Å². The van der Waals surface area contributed by atoms with Gasteiger partial charge in [0.15, 0.2) is 0 Å². The van der Waals surface area contributed by atoms with Crippen LogP contribution in [0.4, 0.5) is 14.9 Å². The molecule has 0 aliphatic rings. The van der Waals surface area contributed by atoms with Crippen LogP contribution >= 0.6 is 12.2 Å². The molecule has 2 amide bonds. The van der Waals surface area contributed by atoms with E-state index in [9.17, 15) is 9.18 Å². The molecular weight excluding hydrogens is 281 g/mol. The third-order valence-corrected chi connectivity index (χ3v) is 2.80. The zero-order valence-corrected chi connectivity index (χ0v) is 12.1. The molecule has 3 N–H and O–H groups in total. The van der Waals surface area contributed by atoms with E-state index in [2.05, 4.69) is 5.32 Å². The van der Waals surface area contributed by atoms with E-state index in [1.807, 2.05) is 0 Å². The van der Waals surface area contributed by atoms with Crippen molar-refractivity contribution in [3.8, 4) is 0 Å². The largest absolute Gasteiger partial charge is 0.393 e. The van der Waals surface area contributed by atoms with Gasteiger partial charge in [0.25, 0.3) is 0 Å². The van der Waals surface area contributed by atoms with Gasteiger partial charge < -0.3 is 20.7 Å². The number of para-hydroxylation sites is 1. The molecule has 1 aromatic carbocycles. The zero-order valence-electron chi connectivity index (χ0n) is 11.3. The summed E-state index contributed by atoms with van der Waals surface area (Å²) in [6.45, 7) is 1.11. The summed E-state index contributed by atoms with van der Waals surface area (Å²) in [7, 11) is 1.54. The van der Waals surface area contributed by atoms with E-state index >= 15 is 0 Å². The molecule has 0 aromatic heterocycles. The highest BCUT2D eigenvalue weighted by Crippen LogP contribution is 2.13. The van der Waals surface area contributed by atoms with Gasteiger partial charge in [-0.25, -0.2) is 9.18 Å². The van der Waals surface area contributed by atoms with Crippen molar-refractivity contribution in [1.29, 1.82) is 0 Å². The number of nitrogens with zero attached hydrogens (tertiary/aromatic N) is 1. The Kier molecular flexibility index (Phi) is 6.89. The van der Waals surface area contributed by atoms with Gasteiger partial charge in [-0.05, 0) is 12.1 Å². The normalized spacial score (nSPS) is 10.1. The molecule has 1 aromatic rings. The number of rotatable bonds is 7. The molecule has 5 nitrogen and oxygen atoms in total. The van der Waals surface area contributed by atoms with Crippen molar-refractivity contribution in [1.82, 2.24) is 4.90 Å². The average molecular weight is 299 g/mol. The Bertz CT molecular complexity index is 471. The maximum absolute atomic E-state index is 13.5. The summed E-state index contributed by atoms with van der Waals surface area (Å²) < 4.78 is 18.4. The highest BCUT2D eigenvalue weighted by molar-refractivity contribution is 7.80. The van der Waals surface area contributed by atoms with E-state index in [-0.39, 0.29) is 5.69 Å². The predicted molar refractivity (Wildman–Crippen MR) is 80.3 cm³/mol. The number of nitrogens with two attached hydrogens (primary N) is 1. The van der Waals surface area contributed by atoms with Gasteiger partial charge in [0, 0.05) is 26.6 Å². The van der Waals surface area contributed by atoms with Crippen molar-refractivity contribution < 1.29 is 13.9 Å². The number of ether oxygens (including phenoxy) is 1. The number of methoxy groups -OCH3 is 1. The Morgan fingerprint density at radius 2 is 2.15 bits per heavy atom. The Labute approximate surface area is 122 Å². The van der Waals surface area contributed by atoms with Gasteiger partial charge in [-0.1, -0.05) is 24.4 Å². The maximum atomic E-state index is 13.5. The SMILES string of the molecule is COCCN(CCC(N)=S)C(=O)Nc1ccccc1F. The van der Waals surface area contributed by atoms with E-state index in [4.69, 9.17) is 22.7 Å². The fraction of sp³-hybridized carbons (Fsp3) is 0.385. The van der Waals surface area contributed by atoms with Gasteiger partial charge in [-0.3, -0.25) is 0 Å². The molecule has 0 atom stereocenters. The van der Waals surface area contributed by atoms with Crippen LogP contribution in [0.5, 0.6) is 0 Å². The summed E-state index contributed by atoms with van der Waals surface area (Å²) in [5, 5.41) is 2.52. The quantitative estimate of drug-likeness (QED) is 0.756. The molecule has 0 spiro atoms. The first-order valence-electron chi connectivity index (χ1n) is 6.12. The summed E-state index contributed by atoms with van der Waals surface area (Å²) in [5.74, 6) is -0.484. The highest BCUT2D eigenvalue weighted by atomic mass is 32.1. The summed E-state index contributed by atoms with van der Waals surface area (Å²) in [4.78, 5) is 13.9.